The maximum atomic E-state index is 5.48. The molecule has 7 nitrogen and oxygen atoms in total. The second-order valence-corrected chi connectivity index (χ2v) is 6.79. The number of rotatable bonds is 12. The Morgan fingerprint density at radius 2 is 1.96 bits per heavy atom. The van der Waals surface area contributed by atoms with Crippen molar-refractivity contribution in [2.75, 3.05) is 66.3 Å². The summed E-state index contributed by atoms with van der Waals surface area (Å²) in [7, 11) is 1.68. The van der Waals surface area contributed by atoms with Crippen LogP contribution in [-0.4, -0.2) is 77.2 Å². The molecule has 1 aliphatic heterocycles. The van der Waals surface area contributed by atoms with Crippen LogP contribution in [0.4, 0.5) is 0 Å². The maximum absolute atomic E-state index is 5.48. The van der Waals surface area contributed by atoms with Gasteiger partial charge >= 0.3 is 0 Å². The highest BCUT2D eigenvalue weighted by Crippen LogP contribution is 2.10. The standard InChI is InChI=1S/C21H36N4O3/c1-3-22-21(23-8-5-11-27-15-14-26-2)24-17-19-6-4-7-20(16-19)18-25-9-12-28-13-10-25/h4,6-7,16H,3,5,8-15,17-18H2,1-2H3,(H2,22,23,24). The van der Waals surface area contributed by atoms with Gasteiger partial charge in [0, 0.05) is 46.4 Å². The number of nitrogens with zero attached hydrogens (tertiary/aromatic N) is 2. The van der Waals surface area contributed by atoms with E-state index < -0.39 is 0 Å². The highest BCUT2D eigenvalue weighted by atomic mass is 16.5. The summed E-state index contributed by atoms with van der Waals surface area (Å²) in [5, 5.41) is 6.67. The molecule has 0 radical (unpaired) electrons. The third-order valence-electron chi connectivity index (χ3n) is 4.45. The van der Waals surface area contributed by atoms with Crippen LogP contribution in [0, 0.1) is 0 Å². The predicted molar refractivity (Wildman–Crippen MR) is 113 cm³/mol. The molecule has 0 saturated carbocycles. The molecule has 28 heavy (non-hydrogen) atoms. The molecule has 7 heteroatoms. The Balaban J connectivity index is 1.76. The van der Waals surface area contributed by atoms with Gasteiger partial charge in [0.05, 0.1) is 33.0 Å². The van der Waals surface area contributed by atoms with E-state index in [-0.39, 0.29) is 0 Å². The lowest BCUT2D eigenvalue weighted by molar-refractivity contribution is 0.0342. The SMILES string of the molecule is CCNC(=NCc1cccc(CN2CCOCC2)c1)NCCCOCCOC. The van der Waals surface area contributed by atoms with E-state index in [4.69, 9.17) is 19.2 Å². The fraction of sp³-hybridized carbons (Fsp3) is 0.667. The van der Waals surface area contributed by atoms with Crippen LogP contribution in [0.3, 0.4) is 0 Å². The number of methoxy groups -OCH3 is 1. The van der Waals surface area contributed by atoms with Crippen LogP contribution in [-0.2, 0) is 27.3 Å². The quantitative estimate of drug-likeness (QED) is 0.320. The first-order valence-corrected chi connectivity index (χ1v) is 10.3. The van der Waals surface area contributed by atoms with Gasteiger partial charge in [-0.1, -0.05) is 24.3 Å². The van der Waals surface area contributed by atoms with Gasteiger partial charge in [0.15, 0.2) is 5.96 Å². The molecule has 0 bridgehead atoms. The van der Waals surface area contributed by atoms with Crippen LogP contribution >= 0.6 is 0 Å². The van der Waals surface area contributed by atoms with Crippen molar-refractivity contribution >= 4 is 5.96 Å². The minimum atomic E-state index is 0.641. The normalized spacial score (nSPS) is 15.6. The molecule has 1 heterocycles. The van der Waals surface area contributed by atoms with Crippen LogP contribution < -0.4 is 10.6 Å². The first-order valence-electron chi connectivity index (χ1n) is 10.3. The molecule has 0 spiro atoms. The zero-order valence-corrected chi connectivity index (χ0v) is 17.4. The van der Waals surface area contributed by atoms with Crippen molar-refractivity contribution in [3.8, 4) is 0 Å². The number of morpholine rings is 1. The number of ether oxygens (including phenoxy) is 3. The average Bonchev–Trinajstić information content (AvgIpc) is 2.72. The minimum absolute atomic E-state index is 0.641. The Morgan fingerprint density at radius 3 is 2.75 bits per heavy atom. The van der Waals surface area contributed by atoms with Crippen molar-refractivity contribution in [3.63, 3.8) is 0 Å². The molecular formula is C21H36N4O3. The minimum Gasteiger partial charge on any atom is -0.382 e. The van der Waals surface area contributed by atoms with E-state index in [1.54, 1.807) is 7.11 Å². The van der Waals surface area contributed by atoms with Crippen LogP contribution in [0.25, 0.3) is 0 Å². The largest absolute Gasteiger partial charge is 0.382 e. The Bertz CT molecular complexity index is 562. The molecule has 0 atom stereocenters. The molecule has 1 aliphatic rings. The van der Waals surface area contributed by atoms with Crippen LogP contribution in [0.15, 0.2) is 29.3 Å². The topological polar surface area (TPSA) is 67.4 Å². The van der Waals surface area contributed by atoms with E-state index in [0.29, 0.717) is 19.8 Å². The number of hydrogen-bond donors (Lipinski definition) is 2. The zero-order chi connectivity index (χ0) is 19.9. The van der Waals surface area contributed by atoms with Crippen molar-refractivity contribution in [1.29, 1.82) is 0 Å². The van der Waals surface area contributed by atoms with Crippen molar-refractivity contribution in [1.82, 2.24) is 15.5 Å². The van der Waals surface area contributed by atoms with E-state index in [9.17, 15) is 0 Å². The molecule has 1 aromatic carbocycles. The van der Waals surface area contributed by atoms with Gasteiger partial charge in [0.2, 0.25) is 0 Å². The summed E-state index contributed by atoms with van der Waals surface area (Å²) in [4.78, 5) is 7.16. The van der Waals surface area contributed by atoms with Crippen LogP contribution in [0.1, 0.15) is 24.5 Å². The molecule has 1 saturated heterocycles. The van der Waals surface area contributed by atoms with Crippen molar-refractivity contribution in [2.45, 2.75) is 26.4 Å². The molecule has 1 aromatic rings. The van der Waals surface area contributed by atoms with Crippen molar-refractivity contribution in [2.24, 2.45) is 4.99 Å². The third-order valence-corrected chi connectivity index (χ3v) is 4.45. The molecule has 2 N–H and O–H groups in total. The lowest BCUT2D eigenvalue weighted by atomic mass is 10.1. The molecular weight excluding hydrogens is 356 g/mol. The number of aliphatic imine (C=N–C) groups is 1. The lowest BCUT2D eigenvalue weighted by Crippen LogP contribution is -2.38. The summed E-state index contributed by atoms with van der Waals surface area (Å²) in [6.45, 7) is 11.1. The predicted octanol–water partition coefficient (Wildman–Crippen LogP) is 1.63. The molecule has 1 fully saturated rings. The lowest BCUT2D eigenvalue weighted by Gasteiger charge is -2.26. The summed E-state index contributed by atoms with van der Waals surface area (Å²) >= 11 is 0. The van der Waals surface area contributed by atoms with Gasteiger partial charge in [-0.05, 0) is 24.5 Å². The molecule has 0 amide bonds. The first-order chi connectivity index (χ1) is 13.8. The molecule has 0 unspecified atom stereocenters. The Kier molecular flexibility index (Phi) is 11.6. The van der Waals surface area contributed by atoms with Gasteiger partial charge < -0.3 is 24.8 Å². The average molecular weight is 393 g/mol. The number of hydrogen-bond acceptors (Lipinski definition) is 5. The van der Waals surface area contributed by atoms with E-state index in [1.807, 2.05) is 0 Å². The fourth-order valence-corrected chi connectivity index (χ4v) is 2.98. The van der Waals surface area contributed by atoms with E-state index in [1.165, 1.54) is 11.1 Å². The Labute approximate surface area is 169 Å². The van der Waals surface area contributed by atoms with Crippen molar-refractivity contribution in [3.05, 3.63) is 35.4 Å². The molecule has 0 aromatic heterocycles. The number of benzene rings is 1. The first kappa shape index (κ1) is 22.6. The smallest absolute Gasteiger partial charge is 0.191 e. The highest BCUT2D eigenvalue weighted by molar-refractivity contribution is 5.79. The summed E-state index contributed by atoms with van der Waals surface area (Å²) in [6.07, 6.45) is 0.934. The molecule has 158 valence electrons. The van der Waals surface area contributed by atoms with Gasteiger partial charge in [-0.3, -0.25) is 4.90 Å². The van der Waals surface area contributed by atoms with E-state index >= 15 is 0 Å². The Hall–Kier alpha value is -1.67. The monoisotopic (exact) mass is 392 g/mol. The van der Waals surface area contributed by atoms with Crippen LogP contribution in [0.2, 0.25) is 0 Å². The summed E-state index contributed by atoms with van der Waals surface area (Å²) in [5.41, 5.74) is 2.56. The summed E-state index contributed by atoms with van der Waals surface area (Å²) in [5.74, 6) is 0.845. The zero-order valence-electron chi connectivity index (χ0n) is 17.4. The van der Waals surface area contributed by atoms with Crippen LogP contribution in [0.5, 0.6) is 0 Å². The van der Waals surface area contributed by atoms with Crippen molar-refractivity contribution < 1.29 is 14.2 Å². The second-order valence-electron chi connectivity index (χ2n) is 6.79. The third kappa shape index (κ3) is 9.50. The van der Waals surface area contributed by atoms with E-state index in [2.05, 4.69) is 46.7 Å². The molecule has 0 aliphatic carbocycles. The number of nitrogens with one attached hydrogen (secondary N) is 2. The van der Waals surface area contributed by atoms with Gasteiger partial charge in [-0.2, -0.15) is 0 Å². The summed E-state index contributed by atoms with van der Waals surface area (Å²) in [6, 6.07) is 8.71. The van der Waals surface area contributed by atoms with Gasteiger partial charge in [0.1, 0.15) is 0 Å². The van der Waals surface area contributed by atoms with E-state index in [0.717, 1.165) is 64.9 Å². The maximum Gasteiger partial charge on any atom is 0.191 e. The van der Waals surface area contributed by atoms with Gasteiger partial charge in [-0.15, -0.1) is 0 Å². The Morgan fingerprint density at radius 1 is 1.14 bits per heavy atom. The highest BCUT2D eigenvalue weighted by Gasteiger charge is 2.10. The number of guanidine groups is 1. The summed E-state index contributed by atoms with van der Waals surface area (Å²) < 4.78 is 15.9. The molecule has 2 rings (SSSR count). The second kappa shape index (κ2) is 14.3. The fourth-order valence-electron chi connectivity index (χ4n) is 2.98. The van der Waals surface area contributed by atoms with Gasteiger partial charge in [0.25, 0.3) is 0 Å². The van der Waals surface area contributed by atoms with Gasteiger partial charge in [-0.25, -0.2) is 4.99 Å².